The Kier molecular flexibility index (Phi) is 3.14. The van der Waals surface area contributed by atoms with Crippen LogP contribution in [0.15, 0.2) is 30.7 Å². The second-order valence-electron chi connectivity index (χ2n) is 5.04. The average molecular weight is 244 g/mol. The maximum atomic E-state index is 11.8. The van der Waals surface area contributed by atoms with Crippen molar-refractivity contribution in [2.75, 3.05) is 0 Å². The molecule has 0 unspecified atom stereocenters. The summed E-state index contributed by atoms with van der Waals surface area (Å²) in [4.78, 5) is 11.3. The number of hydrogen-bond acceptors (Lipinski definition) is 3. The molecule has 18 heavy (non-hydrogen) atoms. The highest BCUT2D eigenvalue weighted by Crippen LogP contribution is 2.13. The Morgan fingerprint density at radius 3 is 2.56 bits per heavy atom. The van der Waals surface area contributed by atoms with Crippen molar-refractivity contribution < 1.29 is 4.74 Å². The molecular weight excluding hydrogens is 228 g/mol. The van der Waals surface area contributed by atoms with Gasteiger partial charge in [-0.15, -0.1) is 0 Å². The third kappa shape index (κ3) is 2.74. The van der Waals surface area contributed by atoms with Gasteiger partial charge in [0.05, 0.1) is 0 Å². The second-order valence-corrected chi connectivity index (χ2v) is 5.04. The van der Waals surface area contributed by atoms with E-state index in [2.05, 4.69) is 15.0 Å². The molecule has 0 aliphatic heterocycles. The molecule has 0 spiro atoms. The van der Waals surface area contributed by atoms with Gasteiger partial charge < -0.3 is 10.2 Å². The summed E-state index contributed by atoms with van der Waals surface area (Å²) in [6, 6.07) is 3.72. The van der Waals surface area contributed by atoms with Gasteiger partial charge in [0.25, 0.3) is 0 Å². The average Bonchev–Trinajstić information content (AvgIpc) is 2.77. The molecule has 5 heteroatoms. The molecule has 0 aromatic carbocycles. The van der Waals surface area contributed by atoms with E-state index in [-0.39, 0.29) is 0 Å². The van der Waals surface area contributed by atoms with Crippen LogP contribution in [-0.4, -0.2) is 31.4 Å². The van der Waals surface area contributed by atoms with E-state index >= 15 is 0 Å². The number of nitrogens with one attached hydrogen (secondary N) is 1. The largest absolute Gasteiger partial charge is 0.623 e. The van der Waals surface area contributed by atoms with Crippen LogP contribution in [0.4, 0.5) is 0 Å². The van der Waals surface area contributed by atoms with E-state index in [1.165, 1.54) is 6.21 Å². The molecule has 0 aliphatic carbocycles. The first-order valence-corrected chi connectivity index (χ1v) is 5.74. The number of rotatable bonds is 2. The predicted molar refractivity (Wildman–Crippen MR) is 70.4 cm³/mol. The molecule has 5 nitrogen and oxygen atoms in total. The Morgan fingerprint density at radius 1 is 1.28 bits per heavy atom. The van der Waals surface area contributed by atoms with Crippen molar-refractivity contribution in [1.82, 2.24) is 15.0 Å². The van der Waals surface area contributed by atoms with Gasteiger partial charge in [-0.1, -0.05) is 0 Å². The van der Waals surface area contributed by atoms with Crippen molar-refractivity contribution in [3.8, 4) is 11.4 Å². The van der Waals surface area contributed by atoms with Crippen molar-refractivity contribution in [3.63, 3.8) is 0 Å². The summed E-state index contributed by atoms with van der Waals surface area (Å²) in [5.41, 5.74) is 1.10. The van der Waals surface area contributed by atoms with Gasteiger partial charge in [0.2, 0.25) is 6.21 Å². The summed E-state index contributed by atoms with van der Waals surface area (Å²) in [5.74, 6) is 0.728. The van der Waals surface area contributed by atoms with Crippen LogP contribution in [0.3, 0.4) is 0 Å². The molecule has 0 fully saturated rings. The van der Waals surface area contributed by atoms with Crippen LogP contribution in [0.5, 0.6) is 0 Å². The topological polar surface area (TPSA) is 67.6 Å². The number of hydroxylamine groups is 1. The van der Waals surface area contributed by atoms with E-state index in [1.807, 2.05) is 32.9 Å². The molecule has 0 aliphatic rings. The SMILES string of the molecule is CC(C)(C)/[N+]([O-])=C/c1c[nH]c(-c2ccncc2)n1. The molecular formula is C13H16N4O. The first-order valence-electron chi connectivity index (χ1n) is 5.74. The number of nitrogens with zero attached hydrogens (tertiary/aromatic N) is 3. The molecule has 2 aromatic rings. The zero-order chi connectivity index (χ0) is 13.2. The minimum atomic E-state index is -0.463. The first kappa shape index (κ1) is 12.3. The van der Waals surface area contributed by atoms with E-state index in [4.69, 9.17) is 0 Å². The molecule has 1 N–H and O–H groups in total. The normalized spacial score (nSPS) is 12.7. The first-order chi connectivity index (χ1) is 8.47. The molecule has 0 amide bonds. The van der Waals surface area contributed by atoms with Crippen LogP contribution in [0.1, 0.15) is 26.5 Å². The van der Waals surface area contributed by atoms with E-state index in [1.54, 1.807) is 18.6 Å². The summed E-state index contributed by atoms with van der Waals surface area (Å²) >= 11 is 0. The van der Waals surface area contributed by atoms with Crippen LogP contribution in [0, 0.1) is 5.21 Å². The number of hydrogen-bond donors (Lipinski definition) is 1. The summed E-state index contributed by atoms with van der Waals surface area (Å²) in [6.07, 6.45) is 6.61. The van der Waals surface area contributed by atoms with E-state index in [0.29, 0.717) is 5.69 Å². The molecule has 2 aromatic heterocycles. The van der Waals surface area contributed by atoms with Crippen molar-refractivity contribution >= 4 is 6.21 Å². The number of aromatic nitrogens is 3. The Bertz CT molecular complexity index is 552. The van der Waals surface area contributed by atoms with Gasteiger partial charge in [-0.2, -0.15) is 0 Å². The van der Waals surface area contributed by atoms with E-state index in [9.17, 15) is 5.21 Å². The van der Waals surface area contributed by atoms with Gasteiger partial charge >= 0.3 is 0 Å². The third-order valence-corrected chi connectivity index (χ3v) is 2.46. The lowest BCUT2D eigenvalue weighted by molar-refractivity contribution is -0.530. The minimum Gasteiger partial charge on any atom is -0.623 e. The zero-order valence-corrected chi connectivity index (χ0v) is 10.7. The monoisotopic (exact) mass is 244 g/mol. The van der Waals surface area contributed by atoms with Gasteiger partial charge in [-0.3, -0.25) is 4.98 Å². The minimum absolute atomic E-state index is 0.463. The molecule has 2 rings (SSSR count). The van der Waals surface area contributed by atoms with Crippen LogP contribution >= 0.6 is 0 Å². The molecule has 0 saturated carbocycles. The van der Waals surface area contributed by atoms with Gasteiger partial charge in [0, 0.05) is 44.9 Å². The Hall–Kier alpha value is -2.17. The van der Waals surface area contributed by atoms with Gasteiger partial charge in [-0.05, 0) is 12.1 Å². The van der Waals surface area contributed by atoms with Crippen molar-refractivity contribution in [1.29, 1.82) is 0 Å². The number of H-pyrrole nitrogens is 1. The third-order valence-electron chi connectivity index (χ3n) is 2.46. The van der Waals surface area contributed by atoms with Crippen molar-refractivity contribution in [2.24, 2.45) is 0 Å². The highest BCUT2D eigenvalue weighted by Gasteiger charge is 2.18. The van der Waals surface area contributed by atoms with E-state index < -0.39 is 5.54 Å². The van der Waals surface area contributed by atoms with Crippen LogP contribution in [-0.2, 0) is 0 Å². The second kappa shape index (κ2) is 4.60. The number of imidazole rings is 1. The fraction of sp³-hybridized carbons (Fsp3) is 0.308. The van der Waals surface area contributed by atoms with E-state index in [0.717, 1.165) is 16.1 Å². The summed E-state index contributed by atoms with van der Waals surface area (Å²) < 4.78 is 0.902. The molecule has 2 heterocycles. The number of pyridine rings is 1. The lowest BCUT2D eigenvalue weighted by Crippen LogP contribution is -2.29. The Morgan fingerprint density at radius 2 is 1.94 bits per heavy atom. The summed E-state index contributed by atoms with van der Waals surface area (Å²) in [5, 5.41) is 11.8. The molecule has 0 saturated heterocycles. The number of aromatic amines is 1. The quantitative estimate of drug-likeness (QED) is 0.381. The van der Waals surface area contributed by atoms with Gasteiger partial charge in [0.1, 0.15) is 11.5 Å². The van der Waals surface area contributed by atoms with Crippen LogP contribution in [0.25, 0.3) is 11.4 Å². The Balaban J connectivity index is 2.27. The fourth-order valence-electron chi connectivity index (χ4n) is 1.37. The molecule has 0 bridgehead atoms. The standard InChI is InChI=1S/C13H16N4O/c1-13(2,3)17(18)9-11-8-15-12(16-11)10-4-6-14-7-5-10/h4-9H,1-3H3,(H,15,16)/b17-9-. The van der Waals surface area contributed by atoms with Crippen LogP contribution < -0.4 is 0 Å². The zero-order valence-electron chi connectivity index (χ0n) is 10.7. The fourth-order valence-corrected chi connectivity index (χ4v) is 1.37. The summed E-state index contributed by atoms with van der Waals surface area (Å²) in [6.45, 7) is 5.56. The summed E-state index contributed by atoms with van der Waals surface area (Å²) in [7, 11) is 0. The smallest absolute Gasteiger partial charge is 0.202 e. The molecule has 94 valence electrons. The van der Waals surface area contributed by atoms with Crippen molar-refractivity contribution in [3.05, 3.63) is 41.6 Å². The molecule has 0 atom stereocenters. The van der Waals surface area contributed by atoms with Gasteiger partial charge in [-0.25, -0.2) is 9.72 Å². The highest BCUT2D eigenvalue weighted by molar-refractivity contribution is 5.74. The highest BCUT2D eigenvalue weighted by atomic mass is 16.5. The lowest BCUT2D eigenvalue weighted by Gasteiger charge is -2.17. The maximum Gasteiger partial charge on any atom is 0.202 e. The van der Waals surface area contributed by atoms with Gasteiger partial charge in [0.15, 0.2) is 5.54 Å². The van der Waals surface area contributed by atoms with Crippen LogP contribution in [0.2, 0.25) is 0 Å². The van der Waals surface area contributed by atoms with Crippen molar-refractivity contribution in [2.45, 2.75) is 26.3 Å². The lowest BCUT2D eigenvalue weighted by atomic mass is 10.1. The maximum absolute atomic E-state index is 11.8. The Labute approximate surface area is 106 Å². The molecule has 0 radical (unpaired) electrons. The predicted octanol–water partition coefficient (Wildman–Crippen LogP) is 2.20.